The number of halogens is 12. The van der Waals surface area contributed by atoms with Crippen LogP contribution in [-0.4, -0.2) is 20.1 Å². The van der Waals surface area contributed by atoms with Gasteiger partial charge in [0.2, 0.25) is 0 Å². The molecule has 2 aromatic carbocycles. The third kappa shape index (κ3) is 6.79. The molecule has 2 N–H and O–H groups in total. The van der Waals surface area contributed by atoms with Crippen molar-refractivity contribution in [3.63, 3.8) is 0 Å². The van der Waals surface area contributed by atoms with Gasteiger partial charge in [-0.15, -0.1) is 0 Å². The summed E-state index contributed by atoms with van der Waals surface area (Å²) in [6, 6.07) is 0.148. The zero-order chi connectivity index (χ0) is 25.4. The van der Waals surface area contributed by atoms with E-state index in [1.165, 1.54) is 0 Å². The molecule has 0 fully saturated rings. The Hall–Kier alpha value is -2.42. The second kappa shape index (κ2) is 9.08. The fourth-order valence-electron chi connectivity index (χ4n) is 2.83. The Morgan fingerprint density at radius 2 is 0.818 bits per heavy atom. The van der Waals surface area contributed by atoms with Gasteiger partial charge in [-0.3, -0.25) is 0 Å². The number of alkyl halides is 12. The normalized spacial score (nSPS) is 13.4. The monoisotopic (exact) mass is 497 g/mol. The fourth-order valence-corrected chi connectivity index (χ4v) is 2.83. The molecule has 0 radical (unpaired) electrons. The molecule has 2 nitrogen and oxygen atoms in total. The molecule has 0 atom stereocenters. The first-order chi connectivity index (χ1) is 14.8. The average molecular weight is 497 g/mol. The van der Waals surface area contributed by atoms with Crippen molar-refractivity contribution >= 4 is 17.8 Å². The van der Waals surface area contributed by atoms with E-state index in [0.717, 1.165) is 0 Å². The van der Waals surface area contributed by atoms with Crippen LogP contribution in [0.25, 0.3) is 0 Å². The Bertz CT molecular complexity index is 838. The standard InChI is InChI=1S/C18H12BF12NO/c20-15(21,22)9-3-10(16(23,24)25)6-13(5-9)19(33-2-1-32)14-7-11(17(26,27)28)4-12(8-14)18(29,30)31/h3-8H,1-2,32H2. The maximum absolute atomic E-state index is 13.2. The van der Waals surface area contributed by atoms with Gasteiger partial charge in [0.25, 0.3) is 0 Å². The minimum absolute atomic E-state index is 0.157. The van der Waals surface area contributed by atoms with Crippen molar-refractivity contribution in [3.05, 3.63) is 58.7 Å². The van der Waals surface area contributed by atoms with Gasteiger partial charge in [-0.2, -0.15) is 52.7 Å². The molecule has 0 bridgehead atoms. The maximum Gasteiger partial charge on any atom is 0.416 e. The molecule has 0 amide bonds. The summed E-state index contributed by atoms with van der Waals surface area (Å²) in [4.78, 5) is 0. The lowest BCUT2D eigenvalue weighted by atomic mass is 9.54. The number of hydrogen-bond acceptors (Lipinski definition) is 2. The summed E-state index contributed by atoms with van der Waals surface area (Å²) in [5, 5.41) is 0. The second-order valence-electron chi connectivity index (χ2n) is 6.72. The zero-order valence-corrected chi connectivity index (χ0v) is 16.0. The molecule has 0 heterocycles. The van der Waals surface area contributed by atoms with E-state index in [2.05, 4.69) is 0 Å². The van der Waals surface area contributed by atoms with E-state index in [0.29, 0.717) is 0 Å². The van der Waals surface area contributed by atoms with Crippen LogP contribution >= 0.6 is 0 Å². The van der Waals surface area contributed by atoms with E-state index < -0.39 is 71.4 Å². The number of rotatable bonds is 5. The van der Waals surface area contributed by atoms with Crippen molar-refractivity contribution < 1.29 is 57.3 Å². The first kappa shape index (κ1) is 26.8. The lowest BCUT2D eigenvalue weighted by Crippen LogP contribution is -2.47. The van der Waals surface area contributed by atoms with Crippen LogP contribution in [-0.2, 0) is 29.4 Å². The highest BCUT2D eigenvalue weighted by atomic mass is 19.4. The topological polar surface area (TPSA) is 35.2 Å². The molecule has 2 aromatic rings. The summed E-state index contributed by atoms with van der Waals surface area (Å²) < 4.78 is 163. The van der Waals surface area contributed by atoms with E-state index in [9.17, 15) is 52.7 Å². The average Bonchev–Trinajstić information content (AvgIpc) is 2.65. The van der Waals surface area contributed by atoms with E-state index in [-0.39, 0.29) is 42.9 Å². The van der Waals surface area contributed by atoms with Gasteiger partial charge in [-0.1, -0.05) is 24.3 Å². The first-order valence-corrected chi connectivity index (χ1v) is 8.74. The molecule has 0 aliphatic heterocycles. The van der Waals surface area contributed by atoms with Gasteiger partial charge in [0.05, 0.1) is 22.3 Å². The summed E-state index contributed by atoms with van der Waals surface area (Å²) >= 11 is 0. The number of benzene rings is 2. The molecule has 0 aromatic heterocycles. The van der Waals surface area contributed by atoms with Gasteiger partial charge in [-0.25, -0.2) is 0 Å². The van der Waals surface area contributed by atoms with Crippen molar-refractivity contribution in [1.29, 1.82) is 0 Å². The molecule has 0 saturated carbocycles. The Morgan fingerprint density at radius 3 is 1.03 bits per heavy atom. The van der Waals surface area contributed by atoms with Crippen molar-refractivity contribution in [2.75, 3.05) is 13.2 Å². The molecule has 33 heavy (non-hydrogen) atoms. The van der Waals surface area contributed by atoms with Gasteiger partial charge in [0.15, 0.2) is 0 Å². The third-order valence-electron chi connectivity index (χ3n) is 4.23. The summed E-state index contributed by atoms with van der Waals surface area (Å²) in [5.74, 6) is 0. The smallest absolute Gasteiger partial charge is 0.416 e. The van der Waals surface area contributed by atoms with E-state index in [1.807, 2.05) is 0 Å². The molecule has 0 aliphatic rings. The van der Waals surface area contributed by atoms with E-state index in [1.54, 1.807) is 0 Å². The number of nitrogens with two attached hydrogens (primary N) is 1. The Morgan fingerprint density at radius 1 is 0.545 bits per heavy atom. The van der Waals surface area contributed by atoms with E-state index in [4.69, 9.17) is 10.4 Å². The minimum Gasteiger partial charge on any atom is -0.426 e. The van der Waals surface area contributed by atoms with Crippen LogP contribution < -0.4 is 16.7 Å². The van der Waals surface area contributed by atoms with Crippen molar-refractivity contribution in [3.8, 4) is 0 Å². The minimum atomic E-state index is -5.31. The van der Waals surface area contributed by atoms with Crippen LogP contribution in [0.2, 0.25) is 0 Å². The van der Waals surface area contributed by atoms with Gasteiger partial charge in [0.1, 0.15) is 0 Å². The molecule has 0 saturated heterocycles. The molecule has 2 rings (SSSR count). The van der Waals surface area contributed by atoms with Crippen molar-refractivity contribution in [2.24, 2.45) is 5.73 Å². The van der Waals surface area contributed by atoms with Gasteiger partial charge in [-0.05, 0) is 23.1 Å². The highest BCUT2D eigenvalue weighted by molar-refractivity contribution is 6.80. The third-order valence-corrected chi connectivity index (χ3v) is 4.23. The van der Waals surface area contributed by atoms with Crippen LogP contribution in [0.15, 0.2) is 36.4 Å². The molecular weight excluding hydrogens is 485 g/mol. The SMILES string of the molecule is NCCOB(c1cc(C(F)(F)F)cc(C(F)(F)F)c1)c1cc(C(F)(F)F)cc(C(F)(F)F)c1. The summed E-state index contributed by atoms with van der Waals surface area (Å²) in [5.41, 5.74) is -4.03. The lowest BCUT2D eigenvalue weighted by Gasteiger charge is -2.21. The molecular formula is C18H12BF12NO. The second-order valence-corrected chi connectivity index (χ2v) is 6.72. The fraction of sp³-hybridized carbons (Fsp3) is 0.333. The number of hydrogen-bond donors (Lipinski definition) is 1. The Kier molecular flexibility index (Phi) is 7.39. The lowest BCUT2D eigenvalue weighted by molar-refractivity contribution is -0.144. The summed E-state index contributed by atoms with van der Waals surface area (Å²) in [6.07, 6.45) is -21.2. The quantitative estimate of drug-likeness (QED) is 0.474. The highest BCUT2D eigenvalue weighted by Gasteiger charge is 2.41. The molecule has 0 aliphatic carbocycles. The van der Waals surface area contributed by atoms with Crippen molar-refractivity contribution in [1.82, 2.24) is 0 Å². The van der Waals surface area contributed by atoms with Crippen LogP contribution in [0.1, 0.15) is 22.3 Å². The summed E-state index contributed by atoms with van der Waals surface area (Å²) in [6.45, 7) is -3.13. The van der Waals surface area contributed by atoms with Gasteiger partial charge >= 0.3 is 31.6 Å². The predicted octanol–water partition coefficient (Wildman–Crippen LogP) is 4.84. The zero-order valence-electron chi connectivity index (χ0n) is 16.0. The van der Waals surface area contributed by atoms with Crippen LogP contribution in [0, 0.1) is 0 Å². The maximum atomic E-state index is 13.2. The predicted molar refractivity (Wildman–Crippen MR) is 92.9 cm³/mol. The molecule has 182 valence electrons. The molecule has 15 heteroatoms. The van der Waals surface area contributed by atoms with Gasteiger partial charge in [0, 0.05) is 13.2 Å². The largest absolute Gasteiger partial charge is 0.426 e. The highest BCUT2D eigenvalue weighted by Crippen LogP contribution is 2.36. The van der Waals surface area contributed by atoms with Gasteiger partial charge < -0.3 is 10.4 Å². The first-order valence-electron chi connectivity index (χ1n) is 8.74. The van der Waals surface area contributed by atoms with Crippen LogP contribution in [0.5, 0.6) is 0 Å². The van der Waals surface area contributed by atoms with Crippen LogP contribution in [0.4, 0.5) is 52.7 Å². The molecule has 0 spiro atoms. The van der Waals surface area contributed by atoms with Crippen LogP contribution in [0.3, 0.4) is 0 Å². The molecule has 0 unspecified atom stereocenters. The Balaban J connectivity index is 2.83. The van der Waals surface area contributed by atoms with E-state index >= 15 is 0 Å². The van der Waals surface area contributed by atoms with Crippen molar-refractivity contribution in [2.45, 2.75) is 24.7 Å². The summed E-state index contributed by atoms with van der Waals surface area (Å²) in [7, 11) is 0. The Labute approximate surface area is 178 Å².